The molecule has 0 aliphatic heterocycles. The van der Waals surface area contributed by atoms with Gasteiger partial charge in [-0.1, -0.05) is 11.8 Å². The van der Waals surface area contributed by atoms with Crippen molar-refractivity contribution >= 4 is 17.4 Å². The summed E-state index contributed by atoms with van der Waals surface area (Å²) in [7, 11) is 0. The van der Waals surface area contributed by atoms with Crippen molar-refractivity contribution in [3.8, 4) is 6.07 Å². The predicted molar refractivity (Wildman–Crippen MR) is 85.5 cm³/mol. The Bertz CT molecular complexity index is 1110. The molecule has 2 heterocycles. The third kappa shape index (κ3) is 3.49. The number of hydrogen-bond donors (Lipinski definition) is 0. The number of hydrogen-bond acceptors (Lipinski definition) is 5. The van der Waals surface area contributed by atoms with Gasteiger partial charge in [0, 0.05) is 10.5 Å². The van der Waals surface area contributed by atoms with Crippen molar-refractivity contribution in [3.63, 3.8) is 0 Å². The maximum Gasteiger partial charge on any atom is 0.453 e. The molecule has 12 heteroatoms. The highest BCUT2D eigenvalue weighted by Crippen LogP contribution is 2.38. The minimum Gasteiger partial charge on any atom is -0.192 e. The number of rotatable bonds is 2. The van der Waals surface area contributed by atoms with Gasteiger partial charge in [-0.2, -0.15) is 41.2 Å². The van der Waals surface area contributed by atoms with Crippen LogP contribution in [-0.2, 0) is 12.4 Å². The van der Waals surface area contributed by atoms with Crippen molar-refractivity contribution in [1.29, 1.82) is 5.26 Å². The number of aromatic nitrogens is 4. The van der Waals surface area contributed by atoms with Gasteiger partial charge >= 0.3 is 12.4 Å². The quantitative estimate of drug-likeness (QED) is 0.561. The van der Waals surface area contributed by atoms with Crippen LogP contribution in [0.2, 0.25) is 0 Å². The largest absolute Gasteiger partial charge is 0.453 e. The molecule has 0 aliphatic rings. The first-order chi connectivity index (χ1) is 12.9. The molecule has 0 saturated heterocycles. The highest BCUT2D eigenvalue weighted by Gasteiger charge is 2.38. The molecule has 0 radical (unpaired) electrons. The van der Waals surface area contributed by atoms with Crippen LogP contribution in [0.15, 0.2) is 28.1 Å². The summed E-state index contributed by atoms with van der Waals surface area (Å²) < 4.78 is 79.2. The Morgan fingerprint density at radius 1 is 1.00 bits per heavy atom. The van der Waals surface area contributed by atoms with Crippen LogP contribution in [0.5, 0.6) is 0 Å². The Morgan fingerprint density at radius 3 is 2.25 bits per heavy atom. The standard InChI is InChI=1S/C16H9F6N5S/c1-7-8(2)13(26-27-12(7)24-25-14(27)16(20,21)22)28-10-4-3-9(6-23)11(5-10)15(17,18)19/h3-5H,1-2H3. The van der Waals surface area contributed by atoms with Gasteiger partial charge in [0.15, 0.2) is 5.65 Å². The molecule has 3 aromatic rings. The molecule has 0 saturated carbocycles. The highest BCUT2D eigenvalue weighted by molar-refractivity contribution is 7.99. The number of alkyl halides is 6. The van der Waals surface area contributed by atoms with E-state index in [1.165, 1.54) is 19.1 Å². The molecule has 0 spiro atoms. The minimum atomic E-state index is -4.80. The SMILES string of the molecule is Cc1c(Sc2ccc(C#N)c(C(F)(F)F)c2)nn2c(C(F)(F)F)nnc2c1C. The summed E-state index contributed by atoms with van der Waals surface area (Å²) in [6.45, 7) is 3.09. The van der Waals surface area contributed by atoms with Gasteiger partial charge < -0.3 is 0 Å². The number of fused-ring (bicyclic) bond motifs is 1. The zero-order valence-electron chi connectivity index (χ0n) is 14.1. The first-order valence-electron chi connectivity index (χ1n) is 7.52. The second kappa shape index (κ2) is 6.66. The van der Waals surface area contributed by atoms with E-state index in [4.69, 9.17) is 5.26 Å². The topological polar surface area (TPSA) is 66.9 Å². The van der Waals surface area contributed by atoms with Crippen molar-refractivity contribution in [2.24, 2.45) is 0 Å². The fourth-order valence-corrected chi connectivity index (χ4v) is 3.37. The number of halogens is 6. The van der Waals surface area contributed by atoms with Crippen molar-refractivity contribution in [3.05, 3.63) is 46.3 Å². The number of nitriles is 1. The molecular formula is C16H9F6N5S. The normalized spacial score (nSPS) is 12.4. The molecule has 28 heavy (non-hydrogen) atoms. The average Bonchev–Trinajstić information content (AvgIpc) is 3.03. The fourth-order valence-electron chi connectivity index (χ4n) is 2.41. The summed E-state index contributed by atoms with van der Waals surface area (Å²) in [5.74, 6) is -1.33. The van der Waals surface area contributed by atoms with Gasteiger partial charge in [-0.15, -0.1) is 10.2 Å². The Kier molecular flexibility index (Phi) is 4.74. The molecule has 146 valence electrons. The van der Waals surface area contributed by atoms with E-state index in [9.17, 15) is 26.3 Å². The van der Waals surface area contributed by atoms with E-state index in [0.717, 1.165) is 23.9 Å². The van der Waals surface area contributed by atoms with Gasteiger partial charge in [-0.05, 0) is 37.6 Å². The van der Waals surface area contributed by atoms with Crippen molar-refractivity contribution < 1.29 is 26.3 Å². The van der Waals surface area contributed by atoms with Gasteiger partial charge in [0.1, 0.15) is 5.03 Å². The molecule has 0 bridgehead atoms. The van der Waals surface area contributed by atoms with Crippen LogP contribution in [0, 0.1) is 25.2 Å². The van der Waals surface area contributed by atoms with E-state index in [-0.39, 0.29) is 15.6 Å². The molecule has 0 aliphatic carbocycles. The molecule has 1 aromatic carbocycles. The van der Waals surface area contributed by atoms with E-state index in [2.05, 4.69) is 15.3 Å². The zero-order chi connectivity index (χ0) is 20.9. The van der Waals surface area contributed by atoms with Crippen LogP contribution >= 0.6 is 11.8 Å². The lowest BCUT2D eigenvalue weighted by atomic mass is 10.1. The molecule has 5 nitrogen and oxygen atoms in total. The van der Waals surface area contributed by atoms with E-state index in [1.807, 2.05) is 0 Å². The Hall–Kier alpha value is -2.81. The van der Waals surface area contributed by atoms with Gasteiger partial charge in [-0.25, -0.2) is 0 Å². The van der Waals surface area contributed by atoms with Crippen molar-refractivity contribution in [1.82, 2.24) is 19.8 Å². The molecule has 0 fully saturated rings. The lowest BCUT2D eigenvalue weighted by Crippen LogP contribution is -2.13. The predicted octanol–water partition coefficient (Wildman–Crippen LogP) is 4.80. The Balaban J connectivity index is 2.13. The summed E-state index contributed by atoms with van der Waals surface area (Å²) in [6.07, 6.45) is -9.55. The molecule has 3 rings (SSSR count). The van der Waals surface area contributed by atoms with Crippen LogP contribution in [0.4, 0.5) is 26.3 Å². The van der Waals surface area contributed by atoms with Gasteiger partial charge in [0.05, 0.1) is 17.2 Å². The van der Waals surface area contributed by atoms with E-state index in [1.54, 1.807) is 6.92 Å². The van der Waals surface area contributed by atoms with Gasteiger partial charge in [0.2, 0.25) is 0 Å². The summed E-state index contributed by atoms with van der Waals surface area (Å²) in [5, 5.41) is 19.4. The third-order valence-corrected chi connectivity index (χ3v) is 5.01. The second-order valence-electron chi connectivity index (χ2n) is 5.73. The summed E-state index contributed by atoms with van der Waals surface area (Å²) in [4.78, 5) is 0.0716. The number of nitrogens with zero attached hydrogens (tertiary/aromatic N) is 5. The lowest BCUT2D eigenvalue weighted by molar-refractivity contribution is -0.146. The van der Waals surface area contributed by atoms with Gasteiger partial charge in [-0.3, -0.25) is 0 Å². The highest BCUT2D eigenvalue weighted by atomic mass is 32.2. The summed E-state index contributed by atoms with van der Waals surface area (Å²) >= 11 is 0.751. The van der Waals surface area contributed by atoms with Gasteiger partial charge in [0.25, 0.3) is 5.82 Å². The van der Waals surface area contributed by atoms with E-state index >= 15 is 0 Å². The molecular weight excluding hydrogens is 408 g/mol. The van der Waals surface area contributed by atoms with Crippen LogP contribution in [0.1, 0.15) is 28.1 Å². The third-order valence-electron chi connectivity index (χ3n) is 3.94. The van der Waals surface area contributed by atoms with Crippen LogP contribution < -0.4 is 0 Å². The lowest BCUT2D eigenvalue weighted by Gasteiger charge is -2.13. The minimum absolute atomic E-state index is 0.0631. The summed E-state index contributed by atoms with van der Waals surface area (Å²) in [5.41, 5.74) is -0.950. The molecule has 2 aromatic heterocycles. The van der Waals surface area contributed by atoms with Crippen LogP contribution in [0.3, 0.4) is 0 Å². The van der Waals surface area contributed by atoms with Crippen molar-refractivity contribution in [2.45, 2.75) is 36.1 Å². The maximum atomic E-state index is 13.1. The summed E-state index contributed by atoms with van der Waals surface area (Å²) in [6, 6.07) is 4.51. The van der Waals surface area contributed by atoms with E-state index < -0.39 is 29.3 Å². The molecule has 0 amide bonds. The first-order valence-corrected chi connectivity index (χ1v) is 8.34. The number of aryl methyl sites for hydroxylation is 1. The molecule has 0 unspecified atom stereocenters. The Morgan fingerprint density at radius 2 is 1.68 bits per heavy atom. The monoisotopic (exact) mass is 417 g/mol. The second-order valence-corrected chi connectivity index (χ2v) is 6.79. The molecule has 0 atom stereocenters. The maximum absolute atomic E-state index is 13.1. The van der Waals surface area contributed by atoms with Crippen molar-refractivity contribution in [2.75, 3.05) is 0 Å². The fraction of sp³-hybridized carbons (Fsp3) is 0.250. The first kappa shape index (κ1) is 19.9. The molecule has 0 N–H and O–H groups in total. The smallest absolute Gasteiger partial charge is 0.192 e. The van der Waals surface area contributed by atoms with Crippen LogP contribution in [-0.4, -0.2) is 19.8 Å². The Labute approximate surface area is 158 Å². The zero-order valence-corrected chi connectivity index (χ0v) is 15.0. The van der Waals surface area contributed by atoms with E-state index in [0.29, 0.717) is 15.6 Å². The van der Waals surface area contributed by atoms with Crippen LogP contribution in [0.25, 0.3) is 5.65 Å². The number of benzene rings is 1. The average molecular weight is 417 g/mol.